The number of aromatic nitrogens is 3. The van der Waals surface area contributed by atoms with E-state index in [1.807, 2.05) is 38.4 Å². The quantitative estimate of drug-likeness (QED) is 0.660. The molecule has 0 unspecified atom stereocenters. The van der Waals surface area contributed by atoms with E-state index in [2.05, 4.69) is 20.4 Å². The molecule has 2 rings (SSSR count). The molecule has 0 aliphatic heterocycles. The number of nitrogens with two attached hydrogens (primary N) is 1. The molecule has 0 fully saturated rings. The third kappa shape index (κ3) is 3.46. The molecule has 1 aromatic carbocycles. The molecule has 6 nitrogen and oxygen atoms in total. The van der Waals surface area contributed by atoms with Gasteiger partial charge in [-0.3, -0.25) is 5.43 Å². The standard InChI is InChI=1S/C11H13ClN6S/c1-18(2)10-14-9(17-13)15-11(16-10)19-8-6-4-3-5-7(8)12/h3-6H,13H2,1-2H3,(H,14,15,16,17). The van der Waals surface area contributed by atoms with Gasteiger partial charge in [0.25, 0.3) is 0 Å². The van der Waals surface area contributed by atoms with Crippen LogP contribution in [-0.4, -0.2) is 29.0 Å². The number of nitrogens with zero attached hydrogens (tertiary/aromatic N) is 4. The van der Waals surface area contributed by atoms with Gasteiger partial charge in [-0.2, -0.15) is 15.0 Å². The van der Waals surface area contributed by atoms with Crippen molar-refractivity contribution in [3.8, 4) is 0 Å². The Balaban J connectivity index is 2.34. The van der Waals surface area contributed by atoms with Crippen molar-refractivity contribution in [1.29, 1.82) is 0 Å². The molecule has 0 aliphatic rings. The van der Waals surface area contributed by atoms with Crippen molar-refractivity contribution in [2.24, 2.45) is 5.84 Å². The summed E-state index contributed by atoms with van der Waals surface area (Å²) in [6.07, 6.45) is 0. The van der Waals surface area contributed by atoms with Gasteiger partial charge in [0.2, 0.25) is 11.9 Å². The molecule has 3 N–H and O–H groups in total. The molecule has 1 heterocycles. The number of benzene rings is 1. The second-order valence-corrected chi connectivity index (χ2v) is 5.23. The highest BCUT2D eigenvalue weighted by Crippen LogP contribution is 2.31. The summed E-state index contributed by atoms with van der Waals surface area (Å²) in [6.45, 7) is 0. The Morgan fingerprint density at radius 2 is 1.95 bits per heavy atom. The Morgan fingerprint density at radius 3 is 2.58 bits per heavy atom. The minimum atomic E-state index is 0.313. The number of anilines is 2. The maximum absolute atomic E-state index is 6.11. The van der Waals surface area contributed by atoms with Crippen LogP contribution in [0.25, 0.3) is 0 Å². The summed E-state index contributed by atoms with van der Waals surface area (Å²) in [5.74, 6) is 6.19. The van der Waals surface area contributed by atoms with Gasteiger partial charge < -0.3 is 4.90 Å². The Kier molecular flexibility index (Phi) is 4.41. The fourth-order valence-corrected chi connectivity index (χ4v) is 2.30. The number of hydrogen-bond donors (Lipinski definition) is 2. The van der Waals surface area contributed by atoms with E-state index in [4.69, 9.17) is 17.4 Å². The van der Waals surface area contributed by atoms with Crippen LogP contribution in [-0.2, 0) is 0 Å². The number of hydrogen-bond acceptors (Lipinski definition) is 7. The van der Waals surface area contributed by atoms with Gasteiger partial charge in [-0.25, -0.2) is 5.84 Å². The molecule has 19 heavy (non-hydrogen) atoms. The minimum absolute atomic E-state index is 0.313. The third-order valence-corrected chi connectivity index (χ3v) is 3.55. The van der Waals surface area contributed by atoms with E-state index < -0.39 is 0 Å². The lowest BCUT2D eigenvalue weighted by Crippen LogP contribution is -2.17. The molecule has 0 aliphatic carbocycles. The topological polar surface area (TPSA) is 80.0 Å². The predicted octanol–water partition coefficient (Wildman–Crippen LogP) is 2.03. The fourth-order valence-electron chi connectivity index (χ4n) is 1.28. The SMILES string of the molecule is CN(C)c1nc(NN)nc(Sc2ccccc2Cl)n1. The lowest BCUT2D eigenvalue weighted by Gasteiger charge is -2.12. The summed E-state index contributed by atoms with van der Waals surface area (Å²) in [4.78, 5) is 15.3. The van der Waals surface area contributed by atoms with Crippen molar-refractivity contribution in [3.63, 3.8) is 0 Å². The lowest BCUT2D eigenvalue weighted by molar-refractivity contribution is 0.865. The second-order valence-electron chi connectivity index (χ2n) is 3.81. The molecule has 100 valence electrons. The van der Waals surface area contributed by atoms with Crippen LogP contribution >= 0.6 is 23.4 Å². The van der Waals surface area contributed by atoms with Gasteiger partial charge in [-0.05, 0) is 23.9 Å². The first-order valence-electron chi connectivity index (χ1n) is 5.42. The molecule has 1 aromatic heterocycles. The van der Waals surface area contributed by atoms with Gasteiger partial charge in [0.15, 0.2) is 5.16 Å². The predicted molar refractivity (Wildman–Crippen MR) is 77.5 cm³/mol. The summed E-state index contributed by atoms with van der Waals surface area (Å²) in [5.41, 5.74) is 2.43. The first-order valence-corrected chi connectivity index (χ1v) is 6.62. The summed E-state index contributed by atoms with van der Waals surface area (Å²) in [5, 5.41) is 1.18. The first kappa shape index (κ1) is 13.9. The summed E-state index contributed by atoms with van der Waals surface area (Å²) >= 11 is 7.47. The van der Waals surface area contributed by atoms with Crippen molar-refractivity contribution < 1.29 is 0 Å². The average molecular weight is 297 g/mol. The maximum Gasteiger partial charge on any atom is 0.242 e. The summed E-state index contributed by atoms with van der Waals surface area (Å²) in [7, 11) is 3.69. The van der Waals surface area contributed by atoms with Crippen molar-refractivity contribution in [1.82, 2.24) is 15.0 Å². The van der Waals surface area contributed by atoms with Crippen LogP contribution in [0, 0.1) is 0 Å². The highest BCUT2D eigenvalue weighted by Gasteiger charge is 2.10. The van der Waals surface area contributed by atoms with Crippen LogP contribution in [0.1, 0.15) is 0 Å². The second kappa shape index (κ2) is 6.05. The van der Waals surface area contributed by atoms with Gasteiger partial charge in [0, 0.05) is 19.0 Å². The van der Waals surface area contributed by atoms with Crippen molar-refractivity contribution in [2.45, 2.75) is 10.1 Å². The van der Waals surface area contributed by atoms with Crippen LogP contribution in [0.15, 0.2) is 34.3 Å². The van der Waals surface area contributed by atoms with Gasteiger partial charge in [0.05, 0.1) is 5.02 Å². The normalized spacial score (nSPS) is 10.3. The Morgan fingerprint density at radius 1 is 1.21 bits per heavy atom. The Hall–Kier alpha value is -1.57. The van der Waals surface area contributed by atoms with E-state index in [-0.39, 0.29) is 0 Å². The monoisotopic (exact) mass is 296 g/mol. The van der Waals surface area contributed by atoms with Gasteiger partial charge in [-0.15, -0.1) is 0 Å². The molecule has 0 spiro atoms. The smallest absolute Gasteiger partial charge is 0.242 e. The molecule has 0 saturated carbocycles. The van der Waals surface area contributed by atoms with Crippen LogP contribution in [0.2, 0.25) is 5.02 Å². The molecule has 0 saturated heterocycles. The Labute approximate surface area is 120 Å². The van der Waals surface area contributed by atoms with E-state index in [0.29, 0.717) is 22.1 Å². The van der Waals surface area contributed by atoms with Gasteiger partial charge >= 0.3 is 0 Å². The summed E-state index contributed by atoms with van der Waals surface area (Å²) in [6, 6.07) is 7.50. The molecule has 0 radical (unpaired) electrons. The highest BCUT2D eigenvalue weighted by molar-refractivity contribution is 7.99. The third-order valence-electron chi connectivity index (χ3n) is 2.17. The highest BCUT2D eigenvalue weighted by atomic mass is 35.5. The van der Waals surface area contributed by atoms with Crippen LogP contribution < -0.4 is 16.2 Å². The Bertz CT molecular complexity index is 577. The molecule has 0 atom stereocenters. The van der Waals surface area contributed by atoms with Crippen LogP contribution in [0.3, 0.4) is 0 Å². The molecular formula is C11H13ClN6S. The minimum Gasteiger partial charge on any atom is -0.347 e. The zero-order valence-electron chi connectivity index (χ0n) is 10.5. The molecule has 0 bridgehead atoms. The van der Waals surface area contributed by atoms with Crippen molar-refractivity contribution in [2.75, 3.05) is 24.4 Å². The van der Waals surface area contributed by atoms with Crippen molar-refractivity contribution in [3.05, 3.63) is 29.3 Å². The number of hydrazine groups is 1. The van der Waals surface area contributed by atoms with E-state index in [1.165, 1.54) is 11.8 Å². The number of nitrogens with one attached hydrogen (secondary N) is 1. The van der Waals surface area contributed by atoms with Crippen molar-refractivity contribution >= 4 is 35.3 Å². The molecule has 8 heteroatoms. The number of rotatable bonds is 4. The zero-order valence-corrected chi connectivity index (χ0v) is 12.0. The largest absolute Gasteiger partial charge is 0.347 e. The molecular weight excluding hydrogens is 284 g/mol. The van der Waals surface area contributed by atoms with E-state index in [9.17, 15) is 0 Å². The fraction of sp³-hybridized carbons (Fsp3) is 0.182. The van der Waals surface area contributed by atoms with Crippen LogP contribution in [0.4, 0.5) is 11.9 Å². The zero-order chi connectivity index (χ0) is 13.8. The lowest BCUT2D eigenvalue weighted by atomic mass is 10.4. The molecule has 2 aromatic rings. The average Bonchev–Trinajstić information content (AvgIpc) is 2.41. The number of nitrogen functional groups attached to an aromatic ring is 1. The first-order chi connectivity index (χ1) is 9.10. The van der Waals surface area contributed by atoms with E-state index in [1.54, 1.807) is 4.90 Å². The summed E-state index contributed by atoms with van der Waals surface area (Å²) < 4.78 is 0. The maximum atomic E-state index is 6.11. The van der Waals surface area contributed by atoms with E-state index >= 15 is 0 Å². The van der Waals surface area contributed by atoms with Gasteiger partial charge in [-0.1, -0.05) is 23.7 Å². The molecule has 0 amide bonds. The van der Waals surface area contributed by atoms with E-state index in [0.717, 1.165) is 4.90 Å². The number of halogens is 1. The van der Waals surface area contributed by atoms with Crippen LogP contribution in [0.5, 0.6) is 0 Å². The van der Waals surface area contributed by atoms with Gasteiger partial charge in [0.1, 0.15) is 0 Å².